The van der Waals surface area contributed by atoms with Crippen LogP contribution in [0.1, 0.15) is 65.5 Å². The van der Waals surface area contributed by atoms with Gasteiger partial charge in [-0.05, 0) is 78.2 Å². The summed E-state index contributed by atoms with van der Waals surface area (Å²) in [6.07, 6.45) is 2.73. The standard InChI is InChI=1S/C24H41N3O2/c1-8-19-12-9-10-13-20(19)24(6)14-17-27(7)18(2)21(24)25-15-11-16-26-22(28)29-23(3,4)5/h9-10,12-13,18,21,25H,8,11,14-17H2,1-7H3,(H,26,28)/t18-,21-,24-/m1/s1. The monoisotopic (exact) mass is 403 g/mol. The first kappa shape index (κ1) is 23.7. The highest BCUT2D eigenvalue weighted by Crippen LogP contribution is 2.39. The van der Waals surface area contributed by atoms with Crippen LogP contribution in [0.3, 0.4) is 0 Å². The Labute approximate surface area is 177 Å². The van der Waals surface area contributed by atoms with Crippen LogP contribution in [0, 0.1) is 0 Å². The van der Waals surface area contributed by atoms with Gasteiger partial charge in [0.25, 0.3) is 0 Å². The van der Waals surface area contributed by atoms with E-state index in [9.17, 15) is 4.79 Å². The van der Waals surface area contributed by atoms with Crippen molar-refractivity contribution >= 4 is 6.09 Å². The third kappa shape index (κ3) is 6.19. The fourth-order valence-corrected chi connectivity index (χ4v) is 4.49. The first-order valence-corrected chi connectivity index (χ1v) is 11.1. The topological polar surface area (TPSA) is 53.6 Å². The quantitative estimate of drug-likeness (QED) is 0.673. The fraction of sp³-hybridized carbons (Fsp3) is 0.708. The minimum atomic E-state index is -0.459. The van der Waals surface area contributed by atoms with Gasteiger partial charge in [0.1, 0.15) is 5.60 Å². The number of likely N-dealkylation sites (N-methyl/N-ethyl adjacent to an activating group) is 1. The molecule has 0 spiro atoms. The molecule has 0 aromatic heterocycles. The number of ether oxygens (including phenoxy) is 1. The second-order valence-electron chi connectivity index (χ2n) is 9.61. The van der Waals surface area contributed by atoms with E-state index in [1.165, 1.54) is 11.1 Å². The van der Waals surface area contributed by atoms with Crippen molar-refractivity contribution in [2.24, 2.45) is 0 Å². The van der Waals surface area contributed by atoms with Crippen LogP contribution in [0.15, 0.2) is 24.3 Å². The summed E-state index contributed by atoms with van der Waals surface area (Å²) < 4.78 is 5.30. The van der Waals surface area contributed by atoms with Crippen LogP contribution >= 0.6 is 0 Å². The highest BCUT2D eigenvalue weighted by atomic mass is 16.6. The van der Waals surface area contributed by atoms with Gasteiger partial charge in [-0.15, -0.1) is 0 Å². The summed E-state index contributed by atoms with van der Waals surface area (Å²) in [5.41, 5.74) is 2.56. The van der Waals surface area contributed by atoms with Crippen molar-refractivity contribution in [1.29, 1.82) is 0 Å². The average molecular weight is 404 g/mol. The van der Waals surface area contributed by atoms with Crippen molar-refractivity contribution in [1.82, 2.24) is 15.5 Å². The molecule has 0 saturated carbocycles. The number of carbonyl (C=O) groups is 1. The molecule has 0 radical (unpaired) electrons. The molecule has 1 saturated heterocycles. The molecule has 5 nitrogen and oxygen atoms in total. The summed E-state index contributed by atoms with van der Waals surface area (Å²) in [7, 11) is 2.22. The molecule has 1 amide bonds. The molecule has 1 fully saturated rings. The van der Waals surface area contributed by atoms with Crippen LogP contribution < -0.4 is 10.6 Å². The molecule has 1 heterocycles. The second-order valence-corrected chi connectivity index (χ2v) is 9.61. The van der Waals surface area contributed by atoms with Crippen molar-refractivity contribution < 1.29 is 9.53 Å². The van der Waals surface area contributed by atoms with Crippen LogP contribution in [0.4, 0.5) is 4.79 Å². The number of alkyl carbamates (subject to hydrolysis) is 1. The Kier molecular flexibility index (Phi) is 8.12. The lowest BCUT2D eigenvalue weighted by molar-refractivity contribution is 0.0525. The first-order valence-electron chi connectivity index (χ1n) is 11.1. The van der Waals surface area contributed by atoms with Gasteiger partial charge in [-0.25, -0.2) is 4.79 Å². The molecular formula is C24H41N3O2. The maximum absolute atomic E-state index is 11.8. The molecule has 1 aromatic rings. The van der Waals surface area contributed by atoms with E-state index in [0.29, 0.717) is 18.6 Å². The molecule has 1 aromatic carbocycles. The van der Waals surface area contributed by atoms with Crippen LogP contribution in [-0.4, -0.2) is 55.4 Å². The third-order valence-corrected chi connectivity index (χ3v) is 6.25. The fourth-order valence-electron chi connectivity index (χ4n) is 4.49. The van der Waals surface area contributed by atoms with Crippen molar-refractivity contribution in [2.45, 2.75) is 83.9 Å². The number of amides is 1. The molecule has 1 aliphatic heterocycles. The Morgan fingerprint density at radius 1 is 1.28 bits per heavy atom. The van der Waals surface area contributed by atoms with Gasteiger partial charge in [-0.1, -0.05) is 38.1 Å². The molecule has 0 unspecified atom stereocenters. The predicted molar refractivity (Wildman–Crippen MR) is 121 cm³/mol. The van der Waals surface area contributed by atoms with Gasteiger partial charge in [0.05, 0.1) is 0 Å². The lowest BCUT2D eigenvalue weighted by Crippen LogP contribution is -2.62. The highest BCUT2D eigenvalue weighted by Gasteiger charge is 2.44. The highest BCUT2D eigenvalue weighted by molar-refractivity contribution is 5.67. The third-order valence-electron chi connectivity index (χ3n) is 6.25. The van der Waals surface area contributed by atoms with E-state index in [-0.39, 0.29) is 11.5 Å². The Hall–Kier alpha value is -1.59. The van der Waals surface area contributed by atoms with Crippen LogP contribution in [-0.2, 0) is 16.6 Å². The van der Waals surface area contributed by atoms with Gasteiger partial charge in [-0.3, -0.25) is 0 Å². The number of nitrogens with one attached hydrogen (secondary N) is 2. The zero-order chi connectivity index (χ0) is 21.7. The first-order chi connectivity index (χ1) is 13.6. The largest absolute Gasteiger partial charge is 0.444 e. The van der Waals surface area contributed by atoms with Crippen LogP contribution in [0.25, 0.3) is 0 Å². The lowest BCUT2D eigenvalue weighted by Gasteiger charge is -2.50. The molecule has 29 heavy (non-hydrogen) atoms. The van der Waals surface area contributed by atoms with Crippen LogP contribution in [0.2, 0.25) is 0 Å². The summed E-state index contributed by atoms with van der Waals surface area (Å²) in [5.74, 6) is 0. The molecule has 0 aliphatic carbocycles. The normalized spacial score (nSPS) is 25.6. The minimum absolute atomic E-state index is 0.0944. The van der Waals surface area contributed by atoms with Gasteiger partial charge in [0, 0.05) is 24.0 Å². The Morgan fingerprint density at radius 3 is 2.62 bits per heavy atom. The van der Waals surface area contributed by atoms with Crippen molar-refractivity contribution in [3.05, 3.63) is 35.4 Å². The van der Waals surface area contributed by atoms with Crippen LogP contribution in [0.5, 0.6) is 0 Å². The molecule has 2 rings (SSSR count). The predicted octanol–water partition coefficient (Wildman–Crippen LogP) is 4.10. The smallest absolute Gasteiger partial charge is 0.407 e. The van der Waals surface area contributed by atoms with Crippen molar-refractivity contribution in [3.8, 4) is 0 Å². The van der Waals surface area contributed by atoms with Gasteiger partial charge in [0.2, 0.25) is 0 Å². The van der Waals surface area contributed by atoms with E-state index in [0.717, 1.165) is 32.4 Å². The van der Waals surface area contributed by atoms with Gasteiger partial charge < -0.3 is 20.3 Å². The maximum atomic E-state index is 11.8. The number of benzene rings is 1. The average Bonchev–Trinajstić information content (AvgIpc) is 2.65. The number of carbonyl (C=O) groups excluding carboxylic acids is 1. The Morgan fingerprint density at radius 2 is 1.97 bits per heavy atom. The Balaban J connectivity index is 2.00. The zero-order valence-electron chi connectivity index (χ0n) is 19.5. The number of rotatable bonds is 7. The number of aryl methyl sites for hydroxylation is 1. The summed E-state index contributed by atoms with van der Waals surface area (Å²) in [6.45, 7) is 15.2. The maximum Gasteiger partial charge on any atom is 0.407 e. The van der Waals surface area contributed by atoms with E-state index >= 15 is 0 Å². The van der Waals surface area contributed by atoms with Crippen molar-refractivity contribution in [2.75, 3.05) is 26.7 Å². The van der Waals surface area contributed by atoms with E-state index in [1.807, 2.05) is 20.8 Å². The second kappa shape index (κ2) is 9.94. The van der Waals surface area contributed by atoms with Gasteiger partial charge >= 0.3 is 6.09 Å². The molecule has 3 atom stereocenters. The van der Waals surface area contributed by atoms with E-state index in [1.54, 1.807) is 0 Å². The summed E-state index contributed by atoms with van der Waals surface area (Å²) >= 11 is 0. The van der Waals surface area contributed by atoms with E-state index in [4.69, 9.17) is 4.74 Å². The number of likely N-dealkylation sites (tertiary alicyclic amines) is 1. The number of piperidine rings is 1. The Bertz CT molecular complexity index is 670. The zero-order valence-corrected chi connectivity index (χ0v) is 19.5. The molecule has 1 aliphatic rings. The number of nitrogens with zero attached hydrogens (tertiary/aromatic N) is 1. The number of hydrogen-bond donors (Lipinski definition) is 2. The molecule has 164 valence electrons. The lowest BCUT2D eigenvalue weighted by atomic mass is 9.67. The summed E-state index contributed by atoms with van der Waals surface area (Å²) in [4.78, 5) is 14.3. The molecule has 2 N–H and O–H groups in total. The summed E-state index contributed by atoms with van der Waals surface area (Å²) in [5, 5.41) is 6.69. The van der Waals surface area contributed by atoms with Crippen molar-refractivity contribution in [3.63, 3.8) is 0 Å². The minimum Gasteiger partial charge on any atom is -0.444 e. The summed E-state index contributed by atoms with van der Waals surface area (Å²) in [6, 6.07) is 9.70. The SMILES string of the molecule is CCc1ccccc1[C@@]1(C)CCN(C)[C@H](C)[C@H]1NCCCNC(=O)OC(C)(C)C. The molecular weight excluding hydrogens is 362 g/mol. The van der Waals surface area contributed by atoms with Gasteiger partial charge in [0.15, 0.2) is 0 Å². The molecule has 0 bridgehead atoms. The van der Waals surface area contributed by atoms with E-state index < -0.39 is 5.60 Å². The van der Waals surface area contributed by atoms with E-state index in [2.05, 4.69) is 67.6 Å². The van der Waals surface area contributed by atoms with Gasteiger partial charge in [-0.2, -0.15) is 0 Å². The molecule has 5 heteroatoms. The number of hydrogen-bond acceptors (Lipinski definition) is 4.